The quantitative estimate of drug-likeness (QED) is 0.203. The number of carbonyl (C=O) groups is 1. The number of H-pyrrole nitrogens is 1. The van der Waals surface area contributed by atoms with Crippen molar-refractivity contribution in [1.29, 1.82) is 0 Å². The minimum atomic E-state index is -2.70. The van der Waals surface area contributed by atoms with Crippen molar-refractivity contribution in [2.45, 2.75) is 45.1 Å². The number of carbonyl (C=O) groups excluding carboxylic acids is 1. The second kappa shape index (κ2) is 9.19. The number of nitrogens with one attached hydrogen (secondary N) is 1. The first-order chi connectivity index (χ1) is 16.8. The predicted octanol–water partition coefficient (Wildman–Crippen LogP) is 6.86. The second-order valence-corrected chi connectivity index (χ2v) is 16.0. The summed E-state index contributed by atoms with van der Waals surface area (Å²) in [6.45, 7) is 7.29. The van der Waals surface area contributed by atoms with Crippen molar-refractivity contribution >= 4 is 51.3 Å². The monoisotopic (exact) mass is 545 g/mol. The van der Waals surface area contributed by atoms with Gasteiger partial charge in [-0.15, -0.1) is 0 Å². The van der Waals surface area contributed by atoms with Crippen LogP contribution in [-0.4, -0.2) is 25.7 Å². The summed E-state index contributed by atoms with van der Waals surface area (Å²) in [6, 6.07) is 27.4. The van der Waals surface area contributed by atoms with E-state index < -0.39 is 13.7 Å². The topological polar surface area (TPSA) is 42.1 Å². The van der Waals surface area contributed by atoms with Gasteiger partial charge in [0.15, 0.2) is 5.78 Å². The Bertz CT molecular complexity index is 1300. The molecule has 5 rings (SSSR count). The average molecular weight is 547 g/mol. The molecule has 0 aliphatic heterocycles. The second-order valence-electron chi connectivity index (χ2n) is 10.8. The number of rotatable bonds is 7. The molecule has 35 heavy (non-hydrogen) atoms. The molecule has 0 saturated heterocycles. The molecule has 3 nitrogen and oxygen atoms in total. The minimum absolute atomic E-state index is 0.116. The first-order valence-corrected chi connectivity index (χ1v) is 15.0. The van der Waals surface area contributed by atoms with Gasteiger partial charge in [-0.3, -0.25) is 4.79 Å². The number of benzene rings is 3. The number of fused-ring (bicyclic) bond motifs is 1. The zero-order valence-electron chi connectivity index (χ0n) is 20.6. The summed E-state index contributed by atoms with van der Waals surface area (Å²) in [5.41, 5.74) is 1.27. The van der Waals surface area contributed by atoms with Crippen molar-refractivity contribution in [3.63, 3.8) is 0 Å². The van der Waals surface area contributed by atoms with Gasteiger partial charge in [0.25, 0.3) is 8.32 Å². The molecule has 1 N–H and O–H groups in total. The molecule has 4 aromatic rings. The van der Waals surface area contributed by atoms with Gasteiger partial charge in [0.05, 0.1) is 5.41 Å². The van der Waals surface area contributed by atoms with Crippen molar-refractivity contribution < 1.29 is 9.22 Å². The summed E-state index contributed by atoms with van der Waals surface area (Å²) in [7, 11) is -2.70. The third kappa shape index (κ3) is 4.14. The van der Waals surface area contributed by atoms with Gasteiger partial charge in [-0.2, -0.15) is 0 Å². The van der Waals surface area contributed by atoms with Crippen LogP contribution in [0.5, 0.6) is 0 Å². The zero-order valence-corrected chi connectivity index (χ0v) is 23.2. The molecule has 0 spiro atoms. The Morgan fingerprint density at radius 2 is 1.57 bits per heavy atom. The van der Waals surface area contributed by atoms with Crippen LogP contribution in [0.15, 0.2) is 89.5 Å². The molecule has 1 aromatic heterocycles. The maximum atomic E-state index is 14.1. The van der Waals surface area contributed by atoms with Crippen LogP contribution >= 0.6 is 15.9 Å². The van der Waals surface area contributed by atoms with Crippen molar-refractivity contribution in [2.24, 2.45) is 5.41 Å². The van der Waals surface area contributed by atoms with Crippen LogP contribution in [0.1, 0.15) is 50.4 Å². The Hall–Kier alpha value is -2.47. The van der Waals surface area contributed by atoms with Gasteiger partial charge in [0, 0.05) is 33.7 Å². The van der Waals surface area contributed by atoms with E-state index in [-0.39, 0.29) is 10.8 Å². The first-order valence-electron chi connectivity index (χ1n) is 12.3. The van der Waals surface area contributed by atoms with E-state index in [0.717, 1.165) is 40.2 Å². The highest BCUT2D eigenvalue weighted by Gasteiger charge is 2.53. The van der Waals surface area contributed by atoms with E-state index in [1.165, 1.54) is 10.4 Å². The molecule has 1 heterocycles. The van der Waals surface area contributed by atoms with Gasteiger partial charge in [-0.05, 0) is 46.5 Å². The zero-order chi connectivity index (χ0) is 24.7. The summed E-state index contributed by atoms with van der Waals surface area (Å²) in [5.74, 6) is 0.200. The van der Waals surface area contributed by atoms with Crippen molar-refractivity contribution in [3.8, 4) is 0 Å². The maximum absolute atomic E-state index is 14.1. The highest BCUT2D eigenvalue weighted by molar-refractivity contribution is 9.10. The van der Waals surface area contributed by atoms with E-state index in [1.54, 1.807) is 0 Å². The van der Waals surface area contributed by atoms with E-state index in [1.807, 2.05) is 24.4 Å². The lowest BCUT2D eigenvalue weighted by Gasteiger charge is -2.47. The smallest absolute Gasteiger partial charge is 0.261 e. The number of aromatic amines is 1. The SMILES string of the molecule is CC(C)(C)[Si](OCC1(C(=O)c2c[nH]c3ccc(Br)cc23)CCC1)(c1ccccc1)c1ccccc1. The highest BCUT2D eigenvalue weighted by atomic mass is 79.9. The summed E-state index contributed by atoms with van der Waals surface area (Å²) < 4.78 is 8.20. The Morgan fingerprint density at radius 3 is 2.09 bits per heavy atom. The number of hydrogen-bond acceptors (Lipinski definition) is 2. The van der Waals surface area contributed by atoms with Gasteiger partial charge in [0.1, 0.15) is 0 Å². The number of halogens is 1. The molecule has 1 fully saturated rings. The van der Waals surface area contributed by atoms with Crippen LogP contribution in [0, 0.1) is 5.41 Å². The lowest BCUT2D eigenvalue weighted by atomic mass is 9.65. The van der Waals surface area contributed by atoms with Gasteiger partial charge in [0.2, 0.25) is 0 Å². The van der Waals surface area contributed by atoms with Crippen molar-refractivity contribution in [2.75, 3.05) is 6.61 Å². The van der Waals surface area contributed by atoms with Crippen LogP contribution < -0.4 is 10.4 Å². The summed E-state index contributed by atoms with van der Waals surface area (Å²) >= 11 is 3.57. The first kappa shape index (κ1) is 24.2. The van der Waals surface area contributed by atoms with Crippen LogP contribution in [0.2, 0.25) is 5.04 Å². The molecule has 1 aliphatic rings. The molecule has 0 amide bonds. The van der Waals surface area contributed by atoms with Crippen LogP contribution in [0.4, 0.5) is 0 Å². The predicted molar refractivity (Wildman–Crippen MR) is 150 cm³/mol. The lowest BCUT2D eigenvalue weighted by molar-refractivity contribution is 0.0385. The lowest BCUT2D eigenvalue weighted by Crippen LogP contribution is -2.67. The van der Waals surface area contributed by atoms with Crippen LogP contribution in [0.3, 0.4) is 0 Å². The average Bonchev–Trinajstić information content (AvgIpc) is 3.24. The third-order valence-corrected chi connectivity index (χ3v) is 13.1. The third-order valence-electron chi connectivity index (χ3n) is 7.66. The van der Waals surface area contributed by atoms with Gasteiger partial charge >= 0.3 is 0 Å². The molecule has 0 bridgehead atoms. The standard InChI is InChI=1S/C30H32BrNO2Si/c1-29(2,3)35(23-11-6-4-7-12-23,24-13-8-5-9-14-24)34-21-30(17-10-18-30)28(33)26-20-32-27-16-15-22(31)19-25(26)27/h4-9,11-16,19-20,32H,10,17-18,21H2,1-3H3. The van der Waals surface area contributed by atoms with E-state index in [0.29, 0.717) is 6.61 Å². The van der Waals surface area contributed by atoms with E-state index in [2.05, 4.69) is 102 Å². The molecule has 0 radical (unpaired) electrons. The fourth-order valence-electron chi connectivity index (χ4n) is 5.61. The molecule has 1 aliphatic carbocycles. The number of aromatic nitrogens is 1. The van der Waals surface area contributed by atoms with Gasteiger partial charge in [-0.25, -0.2) is 0 Å². The van der Waals surface area contributed by atoms with E-state index in [4.69, 9.17) is 4.43 Å². The Labute approximate surface area is 217 Å². The van der Waals surface area contributed by atoms with Crippen molar-refractivity contribution in [3.05, 3.63) is 95.1 Å². The molecule has 180 valence electrons. The molecular weight excluding hydrogens is 514 g/mol. The Morgan fingerprint density at radius 1 is 0.971 bits per heavy atom. The number of hydrogen-bond donors (Lipinski definition) is 1. The number of Topliss-reactive ketones (excluding diaryl/α,β-unsaturated/α-hetero) is 1. The van der Waals surface area contributed by atoms with Gasteiger partial charge < -0.3 is 9.41 Å². The highest BCUT2D eigenvalue weighted by Crippen LogP contribution is 2.47. The molecule has 0 unspecified atom stereocenters. The Kier molecular flexibility index (Phi) is 6.37. The van der Waals surface area contributed by atoms with Crippen molar-refractivity contribution in [1.82, 2.24) is 4.98 Å². The van der Waals surface area contributed by atoms with Gasteiger partial charge in [-0.1, -0.05) is 104 Å². The van der Waals surface area contributed by atoms with E-state index in [9.17, 15) is 4.79 Å². The Balaban J connectivity index is 1.56. The molecule has 3 aromatic carbocycles. The van der Waals surface area contributed by atoms with Crippen LogP contribution in [-0.2, 0) is 4.43 Å². The number of ketones is 1. The van der Waals surface area contributed by atoms with E-state index >= 15 is 0 Å². The summed E-state index contributed by atoms with van der Waals surface area (Å²) in [5, 5.41) is 3.35. The largest absolute Gasteiger partial charge is 0.406 e. The molecule has 5 heteroatoms. The fourth-order valence-corrected chi connectivity index (χ4v) is 10.6. The molecular formula is C30H32BrNO2Si. The van der Waals surface area contributed by atoms with Crippen LogP contribution in [0.25, 0.3) is 10.9 Å². The molecule has 1 saturated carbocycles. The minimum Gasteiger partial charge on any atom is -0.406 e. The summed E-state index contributed by atoms with van der Waals surface area (Å²) in [4.78, 5) is 17.4. The molecule has 0 atom stereocenters. The maximum Gasteiger partial charge on any atom is 0.261 e. The fraction of sp³-hybridized carbons (Fsp3) is 0.300. The normalized spacial score (nSPS) is 15.7. The summed E-state index contributed by atoms with van der Waals surface area (Å²) in [6.07, 6.45) is 4.67.